The van der Waals surface area contributed by atoms with E-state index in [0.29, 0.717) is 22.5 Å². The number of benzene rings is 1. The van der Waals surface area contributed by atoms with Gasteiger partial charge in [0.1, 0.15) is 22.7 Å². The van der Waals surface area contributed by atoms with Gasteiger partial charge in [-0.3, -0.25) is 0 Å². The van der Waals surface area contributed by atoms with Crippen LogP contribution in [-0.4, -0.2) is 18.2 Å². The first kappa shape index (κ1) is 9.58. The van der Waals surface area contributed by atoms with E-state index < -0.39 is 5.97 Å². The van der Waals surface area contributed by atoms with Gasteiger partial charge < -0.3 is 14.3 Å². The Labute approximate surface area is 86.1 Å². The van der Waals surface area contributed by atoms with Crippen molar-refractivity contribution in [1.82, 2.24) is 0 Å². The lowest BCUT2D eigenvalue weighted by Crippen LogP contribution is -1.96. The predicted molar refractivity (Wildman–Crippen MR) is 54.5 cm³/mol. The molecule has 0 saturated heterocycles. The fraction of sp³-hybridized carbons (Fsp3) is 0.182. The molecule has 15 heavy (non-hydrogen) atoms. The average Bonchev–Trinajstić information content (AvgIpc) is 2.52. The summed E-state index contributed by atoms with van der Waals surface area (Å²) in [5.74, 6) is 0.0380. The third-order valence-electron chi connectivity index (χ3n) is 2.29. The standard InChI is InChI=1S/C11H10O4/c1-6-10(11(12)13)8-5-7(14-2)3-4-9(8)15-6/h3-5H,1-2H3,(H,12,13). The molecule has 78 valence electrons. The van der Waals surface area contributed by atoms with Crippen molar-refractivity contribution in [3.63, 3.8) is 0 Å². The zero-order valence-electron chi connectivity index (χ0n) is 8.40. The number of carboxylic acid groups (broad SMARTS) is 1. The van der Waals surface area contributed by atoms with Crippen LogP contribution >= 0.6 is 0 Å². The van der Waals surface area contributed by atoms with E-state index in [2.05, 4.69) is 0 Å². The van der Waals surface area contributed by atoms with E-state index in [4.69, 9.17) is 14.3 Å². The molecule has 0 saturated carbocycles. The Morgan fingerprint density at radius 2 is 2.20 bits per heavy atom. The molecule has 4 heteroatoms. The van der Waals surface area contributed by atoms with Gasteiger partial charge in [-0.1, -0.05) is 0 Å². The molecule has 4 nitrogen and oxygen atoms in total. The number of aryl methyl sites for hydroxylation is 1. The maximum absolute atomic E-state index is 11.0. The predicted octanol–water partition coefficient (Wildman–Crippen LogP) is 2.45. The molecule has 0 aliphatic rings. The fourth-order valence-electron chi connectivity index (χ4n) is 1.59. The van der Waals surface area contributed by atoms with Gasteiger partial charge >= 0.3 is 5.97 Å². The number of ether oxygens (including phenoxy) is 1. The number of carbonyl (C=O) groups is 1. The number of methoxy groups -OCH3 is 1. The van der Waals surface area contributed by atoms with Gasteiger partial charge in [0.05, 0.1) is 7.11 Å². The van der Waals surface area contributed by atoms with E-state index in [0.717, 1.165) is 0 Å². The van der Waals surface area contributed by atoms with Crippen LogP contribution in [0.2, 0.25) is 0 Å². The number of fused-ring (bicyclic) bond motifs is 1. The van der Waals surface area contributed by atoms with Crippen molar-refractivity contribution < 1.29 is 19.1 Å². The highest BCUT2D eigenvalue weighted by atomic mass is 16.5. The Balaban J connectivity index is 2.77. The lowest BCUT2D eigenvalue weighted by atomic mass is 10.1. The van der Waals surface area contributed by atoms with Crippen molar-refractivity contribution in [3.05, 3.63) is 29.5 Å². The summed E-state index contributed by atoms with van der Waals surface area (Å²) in [6, 6.07) is 5.10. The molecular formula is C11H10O4. The Hall–Kier alpha value is -1.97. The molecular weight excluding hydrogens is 196 g/mol. The number of rotatable bonds is 2. The second kappa shape index (κ2) is 3.31. The highest BCUT2D eigenvalue weighted by Gasteiger charge is 2.17. The van der Waals surface area contributed by atoms with Crippen LogP contribution in [-0.2, 0) is 0 Å². The SMILES string of the molecule is COc1ccc2oc(C)c(C(=O)O)c2c1. The molecule has 0 aliphatic carbocycles. The quantitative estimate of drug-likeness (QED) is 0.819. The van der Waals surface area contributed by atoms with Gasteiger partial charge in [-0.25, -0.2) is 4.79 Å². The topological polar surface area (TPSA) is 59.7 Å². The van der Waals surface area contributed by atoms with E-state index >= 15 is 0 Å². The lowest BCUT2D eigenvalue weighted by molar-refractivity contribution is 0.0697. The van der Waals surface area contributed by atoms with Crippen molar-refractivity contribution in [2.45, 2.75) is 6.92 Å². The Bertz CT molecular complexity index is 525. The molecule has 0 spiro atoms. The number of hydrogen-bond acceptors (Lipinski definition) is 3. The molecule has 0 aliphatic heterocycles. The van der Waals surface area contributed by atoms with Crippen molar-refractivity contribution in [2.75, 3.05) is 7.11 Å². The van der Waals surface area contributed by atoms with Crippen LogP contribution in [0.4, 0.5) is 0 Å². The third-order valence-corrected chi connectivity index (χ3v) is 2.29. The minimum atomic E-state index is -0.987. The minimum absolute atomic E-state index is 0.198. The summed E-state index contributed by atoms with van der Waals surface area (Å²) < 4.78 is 10.4. The fourth-order valence-corrected chi connectivity index (χ4v) is 1.59. The lowest BCUT2D eigenvalue weighted by Gasteiger charge is -1.98. The highest BCUT2D eigenvalue weighted by Crippen LogP contribution is 2.28. The molecule has 2 rings (SSSR count). The van der Waals surface area contributed by atoms with Gasteiger partial charge in [-0.2, -0.15) is 0 Å². The smallest absolute Gasteiger partial charge is 0.339 e. The zero-order chi connectivity index (χ0) is 11.0. The van der Waals surface area contributed by atoms with Crippen LogP contribution in [0.3, 0.4) is 0 Å². The van der Waals surface area contributed by atoms with Crippen LogP contribution in [0.5, 0.6) is 5.75 Å². The molecule has 1 aromatic heterocycles. The average molecular weight is 206 g/mol. The molecule has 0 amide bonds. The van der Waals surface area contributed by atoms with Crippen LogP contribution < -0.4 is 4.74 Å². The van der Waals surface area contributed by atoms with Crippen LogP contribution in [0.25, 0.3) is 11.0 Å². The van der Waals surface area contributed by atoms with Gasteiger partial charge in [0.25, 0.3) is 0 Å². The first-order valence-corrected chi connectivity index (χ1v) is 4.44. The maximum Gasteiger partial charge on any atom is 0.339 e. The van der Waals surface area contributed by atoms with Crippen molar-refractivity contribution >= 4 is 16.9 Å². The van der Waals surface area contributed by atoms with E-state index in [9.17, 15) is 4.79 Å². The molecule has 1 heterocycles. The summed E-state index contributed by atoms with van der Waals surface area (Å²) in [6.07, 6.45) is 0. The molecule has 0 bridgehead atoms. The minimum Gasteiger partial charge on any atom is -0.497 e. The number of carboxylic acids is 1. The van der Waals surface area contributed by atoms with Crippen LogP contribution in [0.1, 0.15) is 16.1 Å². The van der Waals surface area contributed by atoms with Crippen molar-refractivity contribution in [1.29, 1.82) is 0 Å². The first-order chi connectivity index (χ1) is 7.13. The summed E-state index contributed by atoms with van der Waals surface area (Å²) >= 11 is 0. The van der Waals surface area contributed by atoms with Gasteiger partial charge in [-0.05, 0) is 25.1 Å². The van der Waals surface area contributed by atoms with Gasteiger partial charge in [0.2, 0.25) is 0 Å². The second-order valence-corrected chi connectivity index (χ2v) is 3.20. The van der Waals surface area contributed by atoms with Crippen LogP contribution in [0.15, 0.2) is 22.6 Å². The monoisotopic (exact) mass is 206 g/mol. The first-order valence-electron chi connectivity index (χ1n) is 4.44. The van der Waals surface area contributed by atoms with Gasteiger partial charge in [0.15, 0.2) is 0 Å². The molecule has 0 radical (unpaired) electrons. The maximum atomic E-state index is 11.0. The molecule has 1 aromatic carbocycles. The summed E-state index contributed by atoms with van der Waals surface area (Å²) in [7, 11) is 1.54. The summed E-state index contributed by atoms with van der Waals surface area (Å²) in [5.41, 5.74) is 0.759. The molecule has 0 atom stereocenters. The van der Waals surface area contributed by atoms with Crippen LogP contribution in [0, 0.1) is 6.92 Å². The van der Waals surface area contributed by atoms with Crippen molar-refractivity contribution in [2.24, 2.45) is 0 Å². The normalized spacial score (nSPS) is 10.5. The van der Waals surface area contributed by atoms with Crippen molar-refractivity contribution in [3.8, 4) is 5.75 Å². The number of hydrogen-bond donors (Lipinski definition) is 1. The summed E-state index contributed by atoms with van der Waals surface area (Å²) in [4.78, 5) is 11.0. The van der Waals surface area contributed by atoms with Gasteiger partial charge in [0, 0.05) is 5.39 Å². The molecule has 0 fully saturated rings. The second-order valence-electron chi connectivity index (χ2n) is 3.20. The van der Waals surface area contributed by atoms with E-state index in [1.165, 1.54) is 7.11 Å². The molecule has 1 N–H and O–H groups in total. The summed E-state index contributed by atoms with van der Waals surface area (Å²) in [5, 5.41) is 9.58. The summed E-state index contributed by atoms with van der Waals surface area (Å²) in [6.45, 7) is 1.63. The van der Waals surface area contributed by atoms with E-state index in [-0.39, 0.29) is 5.56 Å². The van der Waals surface area contributed by atoms with Gasteiger partial charge in [-0.15, -0.1) is 0 Å². The Morgan fingerprint density at radius 1 is 1.47 bits per heavy atom. The zero-order valence-corrected chi connectivity index (χ0v) is 8.40. The third kappa shape index (κ3) is 1.44. The number of furan rings is 1. The number of aromatic carboxylic acids is 1. The van der Waals surface area contributed by atoms with E-state index in [1.807, 2.05) is 0 Å². The Kier molecular flexibility index (Phi) is 2.11. The molecule has 2 aromatic rings. The largest absolute Gasteiger partial charge is 0.497 e. The highest BCUT2D eigenvalue weighted by molar-refractivity contribution is 6.03. The molecule has 0 unspecified atom stereocenters. The van der Waals surface area contributed by atoms with E-state index in [1.54, 1.807) is 25.1 Å². The Morgan fingerprint density at radius 3 is 2.80 bits per heavy atom.